The van der Waals surface area contributed by atoms with Crippen LogP contribution in [0.1, 0.15) is 56.4 Å². The van der Waals surface area contributed by atoms with Crippen molar-refractivity contribution in [1.82, 2.24) is 4.98 Å². The molecule has 0 aliphatic carbocycles. The number of amides is 1. The molecule has 1 N–H and O–H groups in total. The number of para-hydroxylation sites is 1. The zero-order chi connectivity index (χ0) is 20.3. The predicted molar refractivity (Wildman–Crippen MR) is 120 cm³/mol. The van der Waals surface area contributed by atoms with Crippen LogP contribution in [0.3, 0.4) is 0 Å². The fraction of sp³-hybridized carbons (Fsp3) is 0.304. The molecule has 3 aromatic rings. The summed E-state index contributed by atoms with van der Waals surface area (Å²) in [5, 5.41) is 6.58. The highest BCUT2D eigenvalue weighted by Gasteiger charge is 2.17. The fourth-order valence-electron chi connectivity index (χ4n) is 3.19. The summed E-state index contributed by atoms with van der Waals surface area (Å²) in [6.07, 6.45) is 0.241. The number of hydrogen-bond acceptors (Lipinski definition) is 3. The molecular formula is C23H25ClN2OS. The van der Waals surface area contributed by atoms with Gasteiger partial charge in [-0.15, -0.1) is 11.3 Å². The summed E-state index contributed by atoms with van der Waals surface area (Å²) in [7, 11) is 0. The summed E-state index contributed by atoms with van der Waals surface area (Å²) < 4.78 is 0. The Labute approximate surface area is 175 Å². The first-order valence-corrected chi connectivity index (χ1v) is 10.7. The van der Waals surface area contributed by atoms with Crippen LogP contribution in [0.15, 0.2) is 47.8 Å². The second-order valence-corrected chi connectivity index (χ2v) is 8.73. The number of aromatic nitrogens is 1. The number of carbonyl (C=O) groups is 1. The summed E-state index contributed by atoms with van der Waals surface area (Å²) >= 11 is 7.77. The molecule has 0 bridgehead atoms. The Balaban J connectivity index is 1.80. The molecule has 0 aliphatic rings. The average molecular weight is 413 g/mol. The lowest BCUT2D eigenvalue weighted by atomic mass is 9.92. The van der Waals surface area contributed by atoms with Gasteiger partial charge in [-0.2, -0.15) is 0 Å². The topological polar surface area (TPSA) is 42.0 Å². The van der Waals surface area contributed by atoms with Crippen LogP contribution in [0, 0.1) is 0 Å². The first-order valence-electron chi connectivity index (χ1n) is 9.48. The second kappa shape index (κ2) is 8.89. The van der Waals surface area contributed by atoms with E-state index in [0.29, 0.717) is 16.9 Å². The van der Waals surface area contributed by atoms with Crippen molar-refractivity contribution in [2.75, 3.05) is 5.32 Å². The monoisotopic (exact) mass is 412 g/mol. The minimum Gasteiger partial charge on any atom is -0.325 e. The molecule has 0 fully saturated rings. The van der Waals surface area contributed by atoms with E-state index in [-0.39, 0.29) is 12.3 Å². The van der Waals surface area contributed by atoms with E-state index in [4.69, 9.17) is 11.6 Å². The SMILES string of the molecule is CC(C)c1cccc(C(C)C)c1NC(=O)Cc1csc(-c2ccccc2Cl)n1. The number of thiazole rings is 1. The van der Waals surface area contributed by atoms with Crippen molar-refractivity contribution in [3.05, 3.63) is 69.7 Å². The van der Waals surface area contributed by atoms with Gasteiger partial charge < -0.3 is 5.32 Å². The van der Waals surface area contributed by atoms with Crippen LogP contribution in [-0.4, -0.2) is 10.9 Å². The summed E-state index contributed by atoms with van der Waals surface area (Å²) in [4.78, 5) is 17.4. The zero-order valence-corrected chi connectivity index (χ0v) is 18.2. The third kappa shape index (κ3) is 4.62. The third-order valence-electron chi connectivity index (χ3n) is 4.64. The Morgan fingerprint density at radius 3 is 2.29 bits per heavy atom. The van der Waals surface area contributed by atoms with Gasteiger partial charge in [0.05, 0.1) is 17.1 Å². The van der Waals surface area contributed by atoms with E-state index in [0.717, 1.165) is 33.1 Å². The molecule has 0 atom stereocenters. The van der Waals surface area contributed by atoms with Gasteiger partial charge in [0.2, 0.25) is 5.91 Å². The molecule has 0 saturated carbocycles. The van der Waals surface area contributed by atoms with Crippen LogP contribution in [-0.2, 0) is 11.2 Å². The standard InChI is InChI=1S/C23H25ClN2OS/c1-14(2)17-9-7-10-18(15(3)4)22(17)26-21(27)12-16-13-28-23(25-16)19-8-5-6-11-20(19)24/h5-11,13-15H,12H2,1-4H3,(H,26,27). The Morgan fingerprint density at radius 2 is 1.68 bits per heavy atom. The molecule has 1 amide bonds. The maximum Gasteiger partial charge on any atom is 0.230 e. The van der Waals surface area contributed by atoms with Crippen LogP contribution < -0.4 is 5.32 Å². The molecule has 0 unspecified atom stereocenters. The Bertz CT molecular complexity index is 952. The highest BCUT2D eigenvalue weighted by molar-refractivity contribution is 7.13. The molecule has 5 heteroatoms. The van der Waals surface area contributed by atoms with Crippen LogP contribution in [0.2, 0.25) is 5.02 Å². The number of nitrogens with one attached hydrogen (secondary N) is 1. The summed E-state index contributed by atoms with van der Waals surface area (Å²) in [6.45, 7) is 8.58. The summed E-state index contributed by atoms with van der Waals surface area (Å²) in [5.74, 6) is 0.617. The van der Waals surface area contributed by atoms with Crippen molar-refractivity contribution < 1.29 is 4.79 Å². The lowest BCUT2D eigenvalue weighted by Gasteiger charge is -2.20. The Hall–Kier alpha value is -2.17. The molecule has 146 valence electrons. The van der Waals surface area contributed by atoms with Gasteiger partial charge in [0, 0.05) is 16.6 Å². The molecule has 0 spiro atoms. The average Bonchev–Trinajstić information content (AvgIpc) is 3.09. The van der Waals surface area contributed by atoms with Crippen molar-refractivity contribution in [3.63, 3.8) is 0 Å². The highest BCUT2D eigenvalue weighted by atomic mass is 35.5. The van der Waals surface area contributed by atoms with Crippen molar-refractivity contribution in [2.45, 2.75) is 46.0 Å². The van der Waals surface area contributed by atoms with Gasteiger partial charge in [0.1, 0.15) is 5.01 Å². The van der Waals surface area contributed by atoms with Gasteiger partial charge in [0.15, 0.2) is 0 Å². The fourth-order valence-corrected chi connectivity index (χ4v) is 4.33. The lowest BCUT2D eigenvalue weighted by molar-refractivity contribution is -0.115. The molecule has 0 aliphatic heterocycles. The van der Waals surface area contributed by atoms with Gasteiger partial charge in [0.25, 0.3) is 0 Å². The van der Waals surface area contributed by atoms with Crippen LogP contribution >= 0.6 is 22.9 Å². The third-order valence-corrected chi connectivity index (χ3v) is 5.89. The zero-order valence-electron chi connectivity index (χ0n) is 16.6. The van der Waals surface area contributed by atoms with Crippen molar-refractivity contribution in [1.29, 1.82) is 0 Å². The largest absolute Gasteiger partial charge is 0.325 e. The maximum atomic E-state index is 12.8. The molecule has 1 aromatic heterocycles. The van der Waals surface area contributed by atoms with E-state index in [9.17, 15) is 4.79 Å². The summed E-state index contributed by atoms with van der Waals surface area (Å²) in [5.41, 5.74) is 4.92. The number of halogens is 1. The first-order chi connectivity index (χ1) is 13.4. The van der Waals surface area contributed by atoms with Gasteiger partial charge >= 0.3 is 0 Å². The van der Waals surface area contributed by atoms with Gasteiger partial charge in [-0.25, -0.2) is 4.98 Å². The minimum atomic E-state index is -0.0500. The molecule has 28 heavy (non-hydrogen) atoms. The smallest absolute Gasteiger partial charge is 0.230 e. The first kappa shape index (κ1) is 20.6. The van der Waals surface area contributed by atoms with E-state index in [1.165, 1.54) is 11.3 Å². The van der Waals surface area contributed by atoms with Gasteiger partial charge in [-0.1, -0.05) is 75.7 Å². The highest BCUT2D eigenvalue weighted by Crippen LogP contribution is 2.33. The van der Waals surface area contributed by atoms with E-state index in [1.54, 1.807) is 0 Å². The van der Waals surface area contributed by atoms with E-state index in [2.05, 4.69) is 56.2 Å². The second-order valence-electron chi connectivity index (χ2n) is 7.47. The Kier molecular flexibility index (Phi) is 6.53. The van der Waals surface area contributed by atoms with Crippen molar-refractivity contribution in [3.8, 4) is 10.6 Å². The van der Waals surface area contributed by atoms with Crippen LogP contribution in [0.4, 0.5) is 5.69 Å². The number of nitrogens with zero attached hydrogens (tertiary/aromatic N) is 1. The van der Waals surface area contributed by atoms with Gasteiger partial charge in [-0.05, 0) is 29.0 Å². The number of carbonyl (C=O) groups excluding carboxylic acids is 1. The minimum absolute atomic E-state index is 0.0500. The van der Waals surface area contributed by atoms with E-state index in [1.807, 2.05) is 29.6 Å². The molecule has 1 heterocycles. The number of anilines is 1. The van der Waals surface area contributed by atoms with Crippen molar-refractivity contribution in [2.24, 2.45) is 0 Å². The maximum absolute atomic E-state index is 12.8. The normalized spacial score (nSPS) is 11.2. The molecular weight excluding hydrogens is 388 g/mol. The number of rotatable bonds is 6. The molecule has 3 nitrogen and oxygen atoms in total. The summed E-state index contributed by atoms with van der Waals surface area (Å²) in [6, 6.07) is 13.9. The number of benzene rings is 2. The molecule has 0 radical (unpaired) electrons. The van der Waals surface area contributed by atoms with Gasteiger partial charge in [-0.3, -0.25) is 4.79 Å². The lowest BCUT2D eigenvalue weighted by Crippen LogP contribution is -2.18. The molecule has 3 rings (SSSR count). The van der Waals surface area contributed by atoms with E-state index < -0.39 is 0 Å². The molecule has 0 saturated heterocycles. The van der Waals surface area contributed by atoms with Crippen LogP contribution in [0.5, 0.6) is 0 Å². The quantitative estimate of drug-likeness (QED) is 0.478. The van der Waals surface area contributed by atoms with E-state index >= 15 is 0 Å². The Morgan fingerprint density at radius 1 is 1.04 bits per heavy atom. The number of hydrogen-bond donors (Lipinski definition) is 1. The predicted octanol–water partition coefficient (Wildman–Crippen LogP) is 6.89. The van der Waals surface area contributed by atoms with Crippen LogP contribution in [0.25, 0.3) is 10.6 Å². The van der Waals surface area contributed by atoms with Crippen molar-refractivity contribution >= 4 is 34.5 Å². The molecule has 2 aromatic carbocycles.